The first-order chi connectivity index (χ1) is 11.5. The number of aliphatic hydroxyl groups excluding tert-OH is 1. The van der Waals surface area contributed by atoms with Gasteiger partial charge in [-0.15, -0.1) is 11.3 Å². The monoisotopic (exact) mass is 383 g/mol. The number of nitrogens with one attached hydrogen (secondary N) is 1. The van der Waals surface area contributed by atoms with Crippen LogP contribution in [0.2, 0.25) is 0 Å². The van der Waals surface area contributed by atoms with Crippen LogP contribution in [0.25, 0.3) is 0 Å². The van der Waals surface area contributed by atoms with E-state index in [0.717, 1.165) is 27.5 Å². The number of rotatable bonds is 6. The summed E-state index contributed by atoms with van der Waals surface area (Å²) in [6, 6.07) is 10.1. The number of aliphatic hydroxyl groups is 1. The number of halogens is 1. The van der Waals surface area contributed by atoms with Gasteiger partial charge in [0.15, 0.2) is 0 Å². The molecular formula is C16H14FNO3S3. The molecule has 8 heteroatoms. The standard InChI is InChI=1S/C16H14FNO3S3/c17-12-1-4-14(5-2-12)24(20,21)18-9-13-3-6-15(23-13)16(19)11-7-8-22-10-11/h1-8,10,16,18-19H,9H2. The molecule has 4 nitrogen and oxygen atoms in total. The van der Waals surface area contributed by atoms with Gasteiger partial charge in [0, 0.05) is 16.3 Å². The second kappa shape index (κ2) is 7.12. The van der Waals surface area contributed by atoms with Crippen LogP contribution in [-0.4, -0.2) is 13.5 Å². The number of sulfonamides is 1. The van der Waals surface area contributed by atoms with Crippen LogP contribution in [0.1, 0.15) is 21.4 Å². The second-order valence-corrected chi connectivity index (χ2v) is 8.79. The minimum atomic E-state index is -3.70. The van der Waals surface area contributed by atoms with E-state index in [2.05, 4.69) is 4.72 Å². The molecule has 0 aliphatic rings. The van der Waals surface area contributed by atoms with Crippen molar-refractivity contribution in [1.29, 1.82) is 0 Å². The smallest absolute Gasteiger partial charge is 0.240 e. The van der Waals surface area contributed by atoms with Crippen LogP contribution >= 0.6 is 22.7 Å². The van der Waals surface area contributed by atoms with E-state index in [0.29, 0.717) is 0 Å². The first-order valence-electron chi connectivity index (χ1n) is 7.00. The molecule has 1 aromatic carbocycles. The van der Waals surface area contributed by atoms with Gasteiger partial charge in [-0.3, -0.25) is 0 Å². The molecule has 0 aliphatic carbocycles. The number of hydrogen-bond donors (Lipinski definition) is 2. The molecule has 0 saturated heterocycles. The Balaban J connectivity index is 1.68. The molecule has 0 bridgehead atoms. The van der Waals surface area contributed by atoms with Crippen LogP contribution in [0.3, 0.4) is 0 Å². The molecule has 0 spiro atoms. The summed E-state index contributed by atoms with van der Waals surface area (Å²) in [6.07, 6.45) is -0.705. The number of hydrogen-bond acceptors (Lipinski definition) is 5. The largest absolute Gasteiger partial charge is 0.383 e. The molecule has 2 N–H and O–H groups in total. The van der Waals surface area contributed by atoms with E-state index >= 15 is 0 Å². The van der Waals surface area contributed by atoms with Gasteiger partial charge in [0.2, 0.25) is 10.0 Å². The van der Waals surface area contributed by atoms with E-state index in [9.17, 15) is 17.9 Å². The van der Waals surface area contributed by atoms with Crippen LogP contribution < -0.4 is 4.72 Å². The number of benzene rings is 1. The van der Waals surface area contributed by atoms with E-state index in [4.69, 9.17) is 0 Å². The Bertz CT molecular complexity index is 902. The summed E-state index contributed by atoms with van der Waals surface area (Å²) in [5.74, 6) is -0.487. The summed E-state index contributed by atoms with van der Waals surface area (Å²) in [7, 11) is -3.70. The van der Waals surface area contributed by atoms with Crippen molar-refractivity contribution in [2.24, 2.45) is 0 Å². The molecule has 3 rings (SSSR count). The first-order valence-corrected chi connectivity index (χ1v) is 10.2. The third kappa shape index (κ3) is 3.90. The van der Waals surface area contributed by atoms with Crippen LogP contribution in [0, 0.1) is 5.82 Å². The highest BCUT2D eigenvalue weighted by Crippen LogP contribution is 2.29. The summed E-state index contributed by atoms with van der Waals surface area (Å²) in [5.41, 5.74) is 0.820. The van der Waals surface area contributed by atoms with Crippen molar-refractivity contribution < 1.29 is 17.9 Å². The van der Waals surface area contributed by atoms with Gasteiger partial charge in [-0.25, -0.2) is 17.5 Å². The lowest BCUT2D eigenvalue weighted by Crippen LogP contribution is -2.22. The van der Waals surface area contributed by atoms with E-state index in [1.165, 1.54) is 34.8 Å². The summed E-state index contributed by atoms with van der Waals surface area (Å²) in [4.78, 5) is 1.55. The predicted molar refractivity (Wildman–Crippen MR) is 93.1 cm³/mol. The van der Waals surface area contributed by atoms with E-state index < -0.39 is 21.9 Å². The average Bonchev–Trinajstić information content (AvgIpc) is 3.25. The van der Waals surface area contributed by atoms with Gasteiger partial charge in [-0.2, -0.15) is 11.3 Å². The van der Waals surface area contributed by atoms with Crippen LogP contribution in [0.4, 0.5) is 4.39 Å². The Hall–Kier alpha value is -1.58. The normalized spacial score (nSPS) is 13.1. The van der Waals surface area contributed by atoms with E-state index in [1.807, 2.05) is 16.8 Å². The Morgan fingerprint density at radius 3 is 2.54 bits per heavy atom. The Kier molecular flexibility index (Phi) is 5.12. The molecule has 2 aromatic heterocycles. The van der Waals surface area contributed by atoms with Gasteiger partial charge in [0.05, 0.1) is 4.90 Å². The molecule has 0 amide bonds. The lowest BCUT2D eigenvalue weighted by Gasteiger charge is -2.06. The van der Waals surface area contributed by atoms with Crippen molar-refractivity contribution >= 4 is 32.7 Å². The van der Waals surface area contributed by atoms with E-state index in [-0.39, 0.29) is 11.4 Å². The lowest BCUT2D eigenvalue weighted by molar-refractivity contribution is 0.224. The highest BCUT2D eigenvalue weighted by atomic mass is 32.2. The fourth-order valence-corrected chi connectivity index (χ4v) is 4.84. The third-order valence-electron chi connectivity index (χ3n) is 3.37. The maximum absolute atomic E-state index is 12.9. The van der Waals surface area contributed by atoms with Gasteiger partial charge >= 0.3 is 0 Å². The SMILES string of the molecule is O=S(=O)(NCc1ccc(C(O)c2ccsc2)s1)c1ccc(F)cc1. The molecule has 0 radical (unpaired) electrons. The van der Waals surface area contributed by atoms with Crippen molar-refractivity contribution in [3.8, 4) is 0 Å². The van der Waals surface area contributed by atoms with Gasteiger partial charge in [-0.1, -0.05) is 0 Å². The fraction of sp³-hybridized carbons (Fsp3) is 0.125. The minimum Gasteiger partial charge on any atom is -0.383 e. The Morgan fingerprint density at radius 2 is 1.88 bits per heavy atom. The molecule has 24 heavy (non-hydrogen) atoms. The maximum Gasteiger partial charge on any atom is 0.240 e. The number of thiophene rings is 2. The quantitative estimate of drug-likeness (QED) is 0.685. The van der Waals surface area contributed by atoms with Gasteiger partial charge in [-0.05, 0) is 58.8 Å². The summed E-state index contributed by atoms with van der Waals surface area (Å²) in [5, 5.41) is 14.0. The lowest BCUT2D eigenvalue weighted by atomic mass is 10.2. The highest BCUT2D eigenvalue weighted by Gasteiger charge is 2.16. The molecule has 0 aliphatic heterocycles. The molecule has 0 fully saturated rings. The Labute approximate surface area is 147 Å². The van der Waals surface area contributed by atoms with Crippen molar-refractivity contribution in [2.75, 3.05) is 0 Å². The first kappa shape index (κ1) is 17.2. The molecule has 2 heterocycles. The highest BCUT2D eigenvalue weighted by molar-refractivity contribution is 7.89. The zero-order chi connectivity index (χ0) is 17.2. The third-order valence-corrected chi connectivity index (χ3v) is 6.63. The molecule has 126 valence electrons. The molecule has 1 atom stereocenters. The molecule has 1 unspecified atom stereocenters. The molecule has 3 aromatic rings. The average molecular weight is 383 g/mol. The van der Waals surface area contributed by atoms with Crippen molar-refractivity contribution in [3.63, 3.8) is 0 Å². The maximum atomic E-state index is 12.9. The second-order valence-electron chi connectivity index (χ2n) is 5.04. The van der Waals surface area contributed by atoms with Crippen molar-refractivity contribution in [3.05, 3.63) is 74.4 Å². The van der Waals surface area contributed by atoms with Gasteiger partial charge in [0.25, 0.3) is 0 Å². The van der Waals surface area contributed by atoms with Crippen LogP contribution in [-0.2, 0) is 16.6 Å². The minimum absolute atomic E-state index is 0.0130. The zero-order valence-corrected chi connectivity index (χ0v) is 14.8. The van der Waals surface area contributed by atoms with Crippen molar-refractivity contribution in [2.45, 2.75) is 17.5 Å². The summed E-state index contributed by atoms with van der Waals surface area (Å²) in [6.45, 7) is 0.112. The van der Waals surface area contributed by atoms with Crippen molar-refractivity contribution in [1.82, 2.24) is 4.72 Å². The van der Waals surface area contributed by atoms with Crippen LogP contribution in [0.5, 0.6) is 0 Å². The Morgan fingerprint density at radius 1 is 1.12 bits per heavy atom. The molecular weight excluding hydrogens is 369 g/mol. The van der Waals surface area contributed by atoms with Gasteiger partial charge in [0.1, 0.15) is 11.9 Å². The summed E-state index contributed by atoms with van der Waals surface area (Å²) < 4.78 is 39.7. The van der Waals surface area contributed by atoms with Gasteiger partial charge < -0.3 is 5.11 Å². The predicted octanol–water partition coefficient (Wildman–Crippen LogP) is 3.51. The topological polar surface area (TPSA) is 66.4 Å². The zero-order valence-electron chi connectivity index (χ0n) is 12.3. The molecule has 0 saturated carbocycles. The van der Waals surface area contributed by atoms with Crippen LogP contribution in [0.15, 0.2) is 58.1 Å². The summed E-state index contributed by atoms with van der Waals surface area (Å²) >= 11 is 2.85. The fourth-order valence-electron chi connectivity index (χ4n) is 2.09. The van der Waals surface area contributed by atoms with E-state index in [1.54, 1.807) is 12.1 Å².